The summed E-state index contributed by atoms with van der Waals surface area (Å²) in [6.45, 7) is 2.27. The van der Waals surface area contributed by atoms with Gasteiger partial charge in [-0.05, 0) is 6.42 Å². The zero-order chi connectivity index (χ0) is 17.2. The molecule has 0 radical (unpaired) electrons. The maximum absolute atomic E-state index is 11.3. The van der Waals surface area contributed by atoms with Gasteiger partial charge < -0.3 is 1.43 Å². The van der Waals surface area contributed by atoms with Crippen LogP contribution in [-0.4, -0.2) is 10.9 Å². The summed E-state index contributed by atoms with van der Waals surface area (Å²) in [4.78, 5) is 22.0. The van der Waals surface area contributed by atoms with Gasteiger partial charge in [0.25, 0.3) is 0 Å². The minimum Gasteiger partial charge on any atom is -1.00 e. The van der Waals surface area contributed by atoms with Crippen LogP contribution in [0.15, 0.2) is 0 Å². The van der Waals surface area contributed by atoms with Crippen molar-refractivity contribution < 1.29 is 40.6 Å². The van der Waals surface area contributed by atoms with Gasteiger partial charge in [-0.3, -0.25) is 9.59 Å². The molecule has 0 rings (SSSR count). The quantitative estimate of drug-likeness (QED) is 0.173. The van der Waals surface area contributed by atoms with Crippen molar-refractivity contribution in [2.24, 2.45) is 0 Å². The van der Waals surface area contributed by atoms with Gasteiger partial charge in [0.15, 0.2) is 5.12 Å². The van der Waals surface area contributed by atoms with Gasteiger partial charge in [-0.25, -0.2) is 0 Å². The van der Waals surface area contributed by atoms with Crippen LogP contribution in [0.25, 0.3) is 0 Å². The van der Waals surface area contributed by atoms with E-state index in [1.54, 1.807) is 0 Å². The van der Waals surface area contributed by atoms with Crippen molar-refractivity contribution in [3.8, 4) is 0 Å². The van der Waals surface area contributed by atoms with Crippen LogP contribution in [0, 0.1) is 0 Å². The molecule has 0 aromatic carbocycles. The summed E-state index contributed by atoms with van der Waals surface area (Å²) in [6, 6.07) is 0. The standard InChI is InChI=1S/C20H38O2S.Na.H/c1-2-3-4-5-6-7-8-9-10-11-12-13-14-15-16-17-19(21)18-20(22)23;;/h2-18H2,1H3,(H,22,23);;/q;+1;-1. The molecule has 0 heterocycles. The number of carbonyl (C=O) groups excluding carboxylic acids is 2. The minimum absolute atomic E-state index is 0. The van der Waals surface area contributed by atoms with E-state index in [1.807, 2.05) is 0 Å². The van der Waals surface area contributed by atoms with E-state index in [0.717, 1.165) is 12.8 Å². The largest absolute Gasteiger partial charge is 1.00 e. The molecule has 0 N–H and O–H groups in total. The predicted octanol–water partition coefficient (Wildman–Crippen LogP) is 3.78. The van der Waals surface area contributed by atoms with Gasteiger partial charge in [0.2, 0.25) is 0 Å². The van der Waals surface area contributed by atoms with Crippen molar-refractivity contribution in [1.29, 1.82) is 0 Å². The van der Waals surface area contributed by atoms with Gasteiger partial charge in [0.05, 0.1) is 6.42 Å². The molecule has 138 valence electrons. The number of thiol groups is 1. The second kappa shape index (κ2) is 21.7. The molecule has 0 aliphatic rings. The number of hydrogen-bond donors (Lipinski definition) is 1. The monoisotopic (exact) mass is 366 g/mol. The third-order valence-corrected chi connectivity index (χ3v) is 4.57. The van der Waals surface area contributed by atoms with E-state index in [9.17, 15) is 9.59 Å². The molecule has 0 unspecified atom stereocenters. The summed E-state index contributed by atoms with van der Waals surface area (Å²) in [7, 11) is 0. The predicted molar refractivity (Wildman–Crippen MR) is 104 cm³/mol. The smallest absolute Gasteiger partial charge is 1.00 e. The van der Waals surface area contributed by atoms with Gasteiger partial charge in [0, 0.05) is 6.42 Å². The number of unbranched alkanes of at least 4 members (excludes halogenated alkanes) is 14. The molecular formula is C20H39NaO2S. The molecule has 4 heteroatoms. The summed E-state index contributed by atoms with van der Waals surface area (Å²) in [5.74, 6) is 0.0414. The molecule has 24 heavy (non-hydrogen) atoms. The maximum Gasteiger partial charge on any atom is 1.00 e. The summed E-state index contributed by atoms with van der Waals surface area (Å²) < 4.78 is 0. The van der Waals surface area contributed by atoms with E-state index in [-0.39, 0.29) is 48.3 Å². The van der Waals surface area contributed by atoms with Crippen molar-refractivity contribution in [2.75, 3.05) is 0 Å². The van der Waals surface area contributed by atoms with E-state index in [1.165, 1.54) is 83.5 Å². The summed E-state index contributed by atoms with van der Waals surface area (Å²) >= 11 is 3.63. The zero-order valence-electron chi connectivity index (χ0n) is 17.3. The van der Waals surface area contributed by atoms with Crippen LogP contribution in [0.3, 0.4) is 0 Å². The van der Waals surface area contributed by atoms with Crippen LogP contribution >= 0.6 is 12.6 Å². The third kappa shape index (κ3) is 22.7. The Hall–Kier alpha value is 0.690. The number of hydrogen-bond acceptors (Lipinski definition) is 2. The van der Waals surface area contributed by atoms with Gasteiger partial charge >= 0.3 is 29.6 Å². The Bertz CT molecular complexity index is 301. The Kier molecular flexibility index (Phi) is 24.4. The first kappa shape index (κ1) is 26.9. The fourth-order valence-electron chi connectivity index (χ4n) is 2.95. The molecule has 0 aromatic heterocycles. The number of rotatable bonds is 18. The Morgan fingerprint density at radius 2 is 1.00 bits per heavy atom. The third-order valence-electron chi connectivity index (χ3n) is 4.41. The molecule has 0 aliphatic heterocycles. The van der Waals surface area contributed by atoms with E-state index in [4.69, 9.17) is 0 Å². The Morgan fingerprint density at radius 3 is 1.33 bits per heavy atom. The average molecular weight is 367 g/mol. The Labute approximate surface area is 179 Å². The molecule has 0 amide bonds. The summed E-state index contributed by atoms with van der Waals surface area (Å²) in [5, 5.41) is -0.309. The van der Waals surface area contributed by atoms with Crippen molar-refractivity contribution in [1.82, 2.24) is 0 Å². The molecular weight excluding hydrogens is 327 g/mol. The zero-order valence-corrected chi connectivity index (χ0v) is 19.2. The van der Waals surface area contributed by atoms with Gasteiger partial charge in [-0.2, -0.15) is 0 Å². The second-order valence-corrected chi connectivity index (χ2v) is 7.31. The summed E-state index contributed by atoms with van der Waals surface area (Å²) in [5.41, 5.74) is 0. The first-order valence-corrected chi connectivity index (χ1v) is 10.3. The molecule has 0 spiro atoms. The van der Waals surface area contributed by atoms with Gasteiger partial charge in [-0.1, -0.05) is 96.8 Å². The van der Waals surface area contributed by atoms with Crippen LogP contribution in [-0.2, 0) is 9.59 Å². The number of carbonyl (C=O) groups is 2. The number of Topliss-reactive ketones (excluding diaryl/α,β-unsaturated/α-hetero) is 1. The first-order valence-electron chi connectivity index (χ1n) is 9.90. The topological polar surface area (TPSA) is 34.1 Å². The van der Waals surface area contributed by atoms with E-state index in [2.05, 4.69) is 19.6 Å². The van der Waals surface area contributed by atoms with E-state index >= 15 is 0 Å². The van der Waals surface area contributed by atoms with E-state index in [0.29, 0.717) is 6.42 Å². The van der Waals surface area contributed by atoms with Crippen molar-refractivity contribution in [2.45, 2.75) is 116 Å². The van der Waals surface area contributed by atoms with Crippen LogP contribution in [0.5, 0.6) is 0 Å². The molecule has 0 atom stereocenters. The maximum atomic E-state index is 11.3. The fourth-order valence-corrected chi connectivity index (χ4v) is 3.13. The summed E-state index contributed by atoms with van der Waals surface area (Å²) in [6.07, 6.45) is 20.4. The average Bonchev–Trinajstić information content (AvgIpc) is 2.50. The molecule has 0 aliphatic carbocycles. The van der Waals surface area contributed by atoms with Crippen LogP contribution < -0.4 is 29.6 Å². The minimum atomic E-state index is -0.309. The molecule has 0 bridgehead atoms. The SMILES string of the molecule is CCCCCCCCCCCCCCCCCC(=O)CC(=O)S.[H-].[Na+]. The Morgan fingerprint density at radius 1 is 0.667 bits per heavy atom. The van der Waals surface area contributed by atoms with E-state index < -0.39 is 0 Å². The molecule has 0 saturated carbocycles. The van der Waals surface area contributed by atoms with Crippen LogP contribution in [0.1, 0.15) is 118 Å². The van der Waals surface area contributed by atoms with Crippen LogP contribution in [0.4, 0.5) is 0 Å². The second-order valence-electron chi connectivity index (χ2n) is 6.81. The molecule has 0 saturated heterocycles. The van der Waals surface area contributed by atoms with Crippen molar-refractivity contribution >= 4 is 23.5 Å². The Balaban J connectivity index is -0.00000242. The molecule has 0 fully saturated rings. The van der Waals surface area contributed by atoms with Gasteiger partial charge in [-0.15, -0.1) is 12.6 Å². The normalized spacial score (nSPS) is 10.4. The van der Waals surface area contributed by atoms with Crippen LogP contribution in [0.2, 0.25) is 0 Å². The van der Waals surface area contributed by atoms with Gasteiger partial charge in [0.1, 0.15) is 5.78 Å². The van der Waals surface area contributed by atoms with Crippen molar-refractivity contribution in [3.05, 3.63) is 0 Å². The fraction of sp³-hybridized carbons (Fsp3) is 0.900. The molecule has 2 nitrogen and oxygen atoms in total. The van der Waals surface area contributed by atoms with Crippen molar-refractivity contribution in [3.63, 3.8) is 0 Å². The first-order chi connectivity index (χ1) is 11.2. The molecule has 0 aromatic rings. The number of ketones is 1.